The van der Waals surface area contributed by atoms with E-state index in [0.717, 1.165) is 34.8 Å². The van der Waals surface area contributed by atoms with Gasteiger partial charge in [0.05, 0.1) is 42.0 Å². The number of carbonyl (C=O) groups excluding carboxylic acids is 1. The Morgan fingerprint density at radius 1 is 1.28 bits per heavy atom. The molecule has 0 spiro atoms. The van der Waals surface area contributed by atoms with Crippen LogP contribution < -0.4 is 0 Å². The van der Waals surface area contributed by atoms with Crippen molar-refractivity contribution < 1.29 is 17.9 Å². The first-order chi connectivity index (χ1) is 15.4. The quantitative estimate of drug-likeness (QED) is 0.441. The maximum atomic E-state index is 13.3. The van der Waals surface area contributed by atoms with E-state index in [-0.39, 0.29) is 28.7 Å². The van der Waals surface area contributed by atoms with E-state index in [1.165, 1.54) is 11.8 Å². The molecule has 0 N–H and O–H groups in total. The van der Waals surface area contributed by atoms with Crippen LogP contribution in [0.15, 0.2) is 29.3 Å². The SMILES string of the molecule is CCN(C(=O)[C@H](C)Sc1nc(CN2CCOCC2)nc2ccccc12)[C@H]1CCS(=O)(=O)C1. The number of rotatable bonds is 7. The summed E-state index contributed by atoms with van der Waals surface area (Å²) in [4.78, 5) is 26.8. The van der Waals surface area contributed by atoms with Crippen molar-refractivity contribution in [1.29, 1.82) is 0 Å². The lowest BCUT2D eigenvalue weighted by atomic mass is 10.2. The Labute approximate surface area is 193 Å². The van der Waals surface area contributed by atoms with Crippen molar-refractivity contribution in [3.8, 4) is 0 Å². The molecule has 0 aliphatic carbocycles. The van der Waals surface area contributed by atoms with Crippen LogP contribution in [-0.4, -0.2) is 89.7 Å². The number of ether oxygens (including phenoxy) is 1. The number of benzene rings is 1. The van der Waals surface area contributed by atoms with Crippen molar-refractivity contribution in [3.63, 3.8) is 0 Å². The number of hydrogen-bond acceptors (Lipinski definition) is 8. The molecule has 2 fully saturated rings. The van der Waals surface area contributed by atoms with Crippen LogP contribution >= 0.6 is 11.8 Å². The predicted octanol–water partition coefficient (Wildman–Crippen LogP) is 1.98. The van der Waals surface area contributed by atoms with Gasteiger partial charge in [-0.3, -0.25) is 9.69 Å². The van der Waals surface area contributed by atoms with Gasteiger partial charge in [0.2, 0.25) is 5.91 Å². The molecule has 32 heavy (non-hydrogen) atoms. The zero-order chi connectivity index (χ0) is 22.7. The van der Waals surface area contributed by atoms with Gasteiger partial charge in [0.25, 0.3) is 0 Å². The largest absolute Gasteiger partial charge is 0.379 e. The van der Waals surface area contributed by atoms with Gasteiger partial charge in [0.1, 0.15) is 10.9 Å². The van der Waals surface area contributed by atoms with Gasteiger partial charge < -0.3 is 9.64 Å². The summed E-state index contributed by atoms with van der Waals surface area (Å²) in [7, 11) is -3.05. The third-order valence-electron chi connectivity index (χ3n) is 5.99. The second kappa shape index (κ2) is 10.0. The summed E-state index contributed by atoms with van der Waals surface area (Å²) in [5, 5.41) is 1.33. The fourth-order valence-corrected chi connectivity index (χ4v) is 7.04. The van der Waals surface area contributed by atoms with E-state index in [2.05, 4.69) is 4.90 Å². The molecule has 0 saturated carbocycles. The molecule has 1 aromatic carbocycles. The lowest BCUT2D eigenvalue weighted by molar-refractivity contribution is -0.131. The molecule has 0 radical (unpaired) electrons. The van der Waals surface area contributed by atoms with Gasteiger partial charge in [-0.1, -0.05) is 30.0 Å². The van der Waals surface area contributed by atoms with Crippen LogP contribution in [0.25, 0.3) is 10.9 Å². The Morgan fingerprint density at radius 2 is 2.03 bits per heavy atom. The molecule has 2 aliphatic heterocycles. The van der Waals surface area contributed by atoms with E-state index in [1.54, 1.807) is 4.90 Å². The van der Waals surface area contributed by atoms with Gasteiger partial charge in [-0.25, -0.2) is 18.4 Å². The van der Waals surface area contributed by atoms with Crippen LogP contribution in [0.5, 0.6) is 0 Å². The number of nitrogens with zero attached hydrogens (tertiary/aromatic N) is 4. The van der Waals surface area contributed by atoms with Gasteiger partial charge >= 0.3 is 0 Å². The summed E-state index contributed by atoms with van der Waals surface area (Å²) >= 11 is 1.42. The van der Waals surface area contributed by atoms with Crippen LogP contribution in [0.3, 0.4) is 0 Å². The number of carbonyl (C=O) groups is 1. The van der Waals surface area contributed by atoms with Crippen LogP contribution in [-0.2, 0) is 25.9 Å². The van der Waals surface area contributed by atoms with E-state index in [9.17, 15) is 13.2 Å². The van der Waals surface area contributed by atoms with E-state index >= 15 is 0 Å². The highest BCUT2D eigenvalue weighted by Gasteiger charge is 2.35. The van der Waals surface area contributed by atoms with Gasteiger partial charge in [-0.15, -0.1) is 0 Å². The molecule has 10 heteroatoms. The lowest BCUT2D eigenvalue weighted by Crippen LogP contribution is -2.44. The average molecular weight is 479 g/mol. The number of thioether (sulfide) groups is 1. The minimum Gasteiger partial charge on any atom is -0.379 e. The number of aromatic nitrogens is 2. The maximum absolute atomic E-state index is 13.3. The van der Waals surface area contributed by atoms with Crippen molar-refractivity contribution in [2.24, 2.45) is 0 Å². The predicted molar refractivity (Wildman–Crippen MR) is 125 cm³/mol. The molecule has 2 aliphatic rings. The van der Waals surface area contributed by atoms with Gasteiger partial charge in [0.15, 0.2) is 9.84 Å². The van der Waals surface area contributed by atoms with Crippen molar-refractivity contribution in [1.82, 2.24) is 19.8 Å². The Morgan fingerprint density at radius 3 is 2.72 bits per heavy atom. The fraction of sp³-hybridized carbons (Fsp3) is 0.591. The Kier molecular flexibility index (Phi) is 7.34. The van der Waals surface area contributed by atoms with Crippen LogP contribution in [0, 0.1) is 0 Å². The molecule has 2 saturated heterocycles. The molecule has 0 unspecified atom stereocenters. The highest BCUT2D eigenvalue weighted by Crippen LogP contribution is 2.31. The van der Waals surface area contributed by atoms with E-state index < -0.39 is 9.84 Å². The van der Waals surface area contributed by atoms with Crippen molar-refractivity contribution in [3.05, 3.63) is 30.1 Å². The third-order valence-corrected chi connectivity index (χ3v) is 8.83. The van der Waals surface area contributed by atoms with E-state index in [0.29, 0.717) is 32.7 Å². The second-order valence-corrected chi connectivity index (χ2v) is 11.9. The Hall–Kier alpha value is -1.75. The maximum Gasteiger partial charge on any atom is 0.236 e. The highest BCUT2D eigenvalue weighted by atomic mass is 32.2. The molecule has 8 nitrogen and oxygen atoms in total. The average Bonchev–Trinajstić information content (AvgIpc) is 3.14. The topological polar surface area (TPSA) is 92.7 Å². The Bertz CT molecular complexity index is 1070. The summed E-state index contributed by atoms with van der Waals surface area (Å²) in [5.41, 5.74) is 0.863. The molecular weight excluding hydrogens is 448 g/mol. The van der Waals surface area contributed by atoms with E-state index in [4.69, 9.17) is 14.7 Å². The zero-order valence-electron chi connectivity index (χ0n) is 18.6. The van der Waals surface area contributed by atoms with Crippen LogP contribution in [0.1, 0.15) is 26.1 Å². The first-order valence-corrected chi connectivity index (χ1v) is 13.8. The molecule has 4 rings (SSSR count). The molecule has 2 aromatic rings. The van der Waals surface area contributed by atoms with Gasteiger partial charge in [-0.05, 0) is 26.3 Å². The van der Waals surface area contributed by atoms with Crippen LogP contribution in [0.4, 0.5) is 0 Å². The summed E-state index contributed by atoms with van der Waals surface area (Å²) in [5.74, 6) is 0.910. The molecular formula is C22H30N4O4S2. The van der Waals surface area contributed by atoms with Crippen LogP contribution in [0.2, 0.25) is 0 Å². The summed E-state index contributed by atoms with van der Waals surface area (Å²) in [6.45, 7) is 8.04. The van der Waals surface area contributed by atoms with Gasteiger partial charge in [0, 0.05) is 31.1 Å². The molecule has 1 amide bonds. The minimum atomic E-state index is -3.05. The number of amides is 1. The Balaban J connectivity index is 1.54. The molecule has 2 atom stereocenters. The first kappa shape index (κ1) is 23.4. The van der Waals surface area contributed by atoms with Crippen molar-refractivity contribution in [2.75, 3.05) is 44.4 Å². The number of morpholine rings is 1. The fourth-order valence-electron chi connectivity index (χ4n) is 4.28. The van der Waals surface area contributed by atoms with Crippen molar-refractivity contribution >= 4 is 38.4 Å². The number of sulfone groups is 1. The smallest absolute Gasteiger partial charge is 0.236 e. The normalized spacial score (nSPS) is 22.1. The minimum absolute atomic E-state index is 0.0444. The summed E-state index contributed by atoms with van der Waals surface area (Å²) in [6, 6.07) is 7.62. The highest BCUT2D eigenvalue weighted by molar-refractivity contribution is 8.00. The standard InChI is InChI=1S/C22H30N4O4S2/c1-3-26(17-8-13-32(28,29)15-17)22(27)16(2)31-21-18-6-4-5-7-19(18)23-20(24-21)14-25-9-11-30-12-10-25/h4-7,16-17H,3,8-15H2,1-2H3/t16-,17-/m0/s1. The summed E-state index contributed by atoms with van der Waals surface area (Å²) in [6.07, 6.45) is 0.513. The summed E-state index contributed by atoms with van der Waals surface area (Å²) < 4.78 is 29.3. The van der Waals surface area contributed by atoms with Crippen molar-refractivity contribution in [2.45, 2.75) is 43.1 Å². The monoisotopic (exact) mass is 478 g/mol. The van der Waals surface area contributed by atoms with E-state index in [1.807, 2.05) is 38.1 Å². The number of fused-ring (bicyclic) bond motifs is 1. The molecule has 1 aromatic heterocycles. The molecule has 174 valence electrons. The third kappa shape index (κ3) is 5.41. The lowest BCUT2D eigenvalue weighted by Gasteiger charge is -2.29. The zero-order valence-corrected chi connectivity index (χ0v) is 20.2. The molecule has 3 heterocycles. The second-order valence-electron chi connectivity index (χ2n) is 8.29. The molecule has 0 bridgehead atoms. The number of hydrogen-bond donors (Lipinski definition) is 0. The first-order valence-electron chi connectivity index (χ1n) is 11.1. The number of para-hydroxylation sites is 1. The van der Waals surface area contributed by atoms with Gasteiger partial charge in [-0.2, -0.15) is 0 Å².